The molecule has 0 unspecified atom stereocenters. The largest absolute Gasteiger partial charge is 0.293 e. The van der Waals surface area contributed by atoms with Gasteiger partial charge in [0, 0.05) is 10.3 Å². The molecule has 0 amide bonds. The molecule has 1 heterocycles. The van der Waals surface area contributed by atoms with E-state index in [0.29, 0.717) is 5.75 Å². The zero-order valence-corrected chi connectivity index (χ0v) is 11.8. The van der Waals surface area contributed by atoms with Gasteiger partial charge in [0.15, 0.2) is 5.78 Å². The number of Topliss-reactive ketones (excluding diaryl/α,β-unsaturated/α-hetero) is 1. The normalized spacial score (nSPS) is 10.7. The van der Waals surface area contributed by atoms with E-state index in [1.165, 1.54) is 14.3 Å². The van der Waals surface area contributed by atoms with E-state index in [1.54, 1.807) is 23.1 Å². The fourth-order valence-corrected chi connectivity index (χ4v) is 4.00. The molecule has 0 N–H and O–H groups in total. The van der Waals surface area contributed by atoms with Gasteiger partial charge in [-0.3, -0.25) is 4.79 Å². The molecule has 0 atom stereocenters. The SMILES string of the molecule is O=C(CSc1cc2ccccc2s1)c1ccccc1. The molecule has 0 saturated heterocycles. The first-order chi connectivity index (χ1) is 9.33. The minimum absolute atomic E-state index is 0.183. The average molecular weight is 284 g/mol. The van der Waals surface area contributed by atoms with E-state index in [9.17, 15) is 4.79 Å². The molecule has 0 bridgehead atoms. The van der Waals surface area contributed by atoms with Gasteiger partial charge in [-0.15, -0.1) is 23.1 Å². The van der Waals surface area contributed by atoms with E-state index in [4.69, 9.17) is 0 Å². The number of fused-ring (bicyclic) bond motifs is 1. The van der Waals surface area contributed by atoms with Gasteiger partial charge in [0.1, 0.15) is 0 Å². The highest BCUT2D eigenvalue weighted by Gasteiger charge is 2.07. The quantitative estimate of drug-likeness (QED) is 0.502. The number of carbonyl (C=O) groups is 1. The molecule has 0 aliphatic carbocycles. The third-order valence-electron chi connectivity index (χ3n) is 2.84. The predicted molar refractivity (Wildman–Crippen MR) is 83.3 cm³/mol. The van der Waals surface area contributed by atoms with E-state index < -0.39 is 0 Å². The van der Waals surface area contributed by atoms with Crippen LogP contribution in [0.25, 0.3) is 10.1 Å². The van der Waals surface area contributed by atoms with Gasteiger partial charge >= 0.3 is 0 Å². The highest BCUT2D eigenvalue weighted by molar-refractivity contribution is 8.01. The van der Waals surface area contributed by atoms with Crippen LogP contribution in [0.1, 0.15) is 10.4 Å². The van der Waals surface area contributed by atoms with Crippen molar-refractivity contribution >= 4 is 39.0 Å². The Kier molecular flexibility index (Phi) is 3.67. The molecule has 0 aliphatic rings. The van der Waals surface area contributed by atoms with Crippen LogP contribution in [0.5, 0.6) is 0 Å². The van der Waals surface area contributed by atoms with Crippen molar-refractivity contribution in [2.75, 3.05) is 5.75 Å². The van der Waals surface area contributed by atoms with E-state index in [1.807, 2.05) is 42.5 Å². The van der Waals surface area contributed by atoms with Crippen molar-refractivity contribution in [2.45, 2.75) is 4.21 Å². The zero-order valence-electron chi connectivity index (χ0n) is 10.2. The van der Waals surface area contributed by atoms with Crippen molar-refractivity contribution in [3.8, 4) is 0 Å². The molecule has 94 valence electrons. The van der Waals surface area contributed by atoms with Crippen molar-refractivity contribution < 1.29 is 4.79 Å². The molecule has 3 rings (SSSR count). The molecule has 1 nitrogen and oxygen atoms in total. The lowest BCUT2D eigenvalue weighted by Gasteiger charge is -1.98. The topological polar surface area (TPSA) is 17.1 Å². The minimum atomic E-state index is 0.183. The van der Waals surface area contributed by atoms with Crippen LogP contribution in [-0.4, -0.2) is 11.5 Å². The Labute approximate surface area is 120 Å². The van der Waals surface area contributed by atoms with Crippen LogP contribution in [0.15, 0.2) is 64.9 Å². The summed E-state index contributed by atoms with van der Waals surface area (Å²) in [5.41, 5.74) is 0.788. The maximum absolute atomic E-state index is 12.0. The monoisotopic (exact) mass is 284 g/mol. The molecule has 3 aromatic rings. The summed E-state index contributed by atoms with van der Waals surface area (Å²) in [5, 5.41) is 1.25. The lowest BCUT2D eigenvalue weighted by molar-refractivity contribution is 0.102. The zero-order chi connectivity index (χ0) is 13.1. The minimum Gasteiger partial charge on any atom is -0.293 e. The average Bonchev–Trinajstić information content (AvgIpc) is 2.88. The molecule has 0 radical (unpaired) electrons. The van der Waals surface area contributed by atoms with Crippen LogP contribution in [0.2, 0.25) is 0 Å². The summed E-state index contributed by atoms with van der Waals surface area (Å²) in [6.07, 6.45) is 0. The highest BCUT2D eigenvalue weighted by atomic mass is 32.2. The molecule has 0 spiro atoms. The Balaban J connectivity index is 1.71. The first kappa shape index (κ1) is 12.5. The van der Waals surface area contributed by atoms with Gasteiger partial charge in [-0.05, 0) is 17.5 Å². The van der Waals surface area contributed by atoms with Gasteiger partial charge in [0.2, 0.25) is 0 Å². The Morgan fingerprint density at radius 2 is 1.74 bits per heavy atom. The van der Waals surface area contributed by atoms with Gasteiger partial charge < -0.3 is 0 Å². The maximum Gasteiger partial charge on any atom is 0.173 e. The fourth-order valence-electron chi connectivity index (χ4n) is 1.87. The summed E-state index contributed by atoms with van der Waals surface area (Å²) < 4.78 is 2.47. The first-order valence-electron chi connectivity index (χ1n) is 6.02. The molecular formula is C16H12OS2. The Morgan fingerprint density at radius 1 is 1.00 bits per heavy atom. The summed E-state index contributed by atoms with van der Waals surface area (Å²) in [7, 11) is 0. The van der Waals surface area contributed by atoms with Crippen molar-refractivity contribution in [1.29, 1.82) is 0 Å². The molecule has 0 saturated carbocycles. The van der Waals surface area contributed by atoms with E-state index in [-0.39, 0.29) is 5.78 Å². The lowest BCUT2D eigenvalue weighted by atomic mass is 10.2. The van der Waals surface area contributed by atoms with Crippen LogP contribution in [-0.2, 0) is 0 Å². The summed E-state index contributed by atoms with van der Waals surface area (Å²) in [6, 6.07) is 19.9. The molecule has 1 aromatic heterocycles. The first-order valence-corrected chi connectivity index (χ1v) is 7.83. The number of ketones is 1. The van der Waals surface area contributed by atoms with E-state index >= 15 is 0 Å². The number of thiophene rings is 1. The maximum atomic E-state index is 12.0. The smallest absolute Gasteiger partial charge is 0.173 e. The second-order valence-electron chi connectivity index (χ2n) is 4.18. The van der Waals surface area contributed by atoms with Crippen molar-refractivity contribution in [3.63, 3.8) is 0 Å². The number of hydrogen-bond donors (Lipinski definition) is 0. The molecule has 2 aromatic carbocycles. The summed E-state index contributed by atoms with van der Waals surface area (Å²) in [4.78, 5) is 12.0. The lowest BCUT2D eigenvalue weighted by Crippen LogP contribution is -2.01. The van der Waals surface area contributed by atoms with Crippen LogP contribution >= 0.6 is 23.1 Å². The third kappa shape index (κ3) is 2.88. The fraction of sp³-hybridized carbons (Fsp3) is 0.0625. The second-order valence-corrected chi connectivity index (χ2v) is 6.54. The summed E-state index contributed by atoms with van der Waals surface area (Å²) in [6.45, 7) is 0. The van der Waals surface area contributed by atoms with Gasteiger partial charge in [0.05, 0.1) is 9.96 Å². The van der Waals surface area contributed by atoms with Gasteiger partial charge in [-0.25, -0.2) is 0 Å². The Hall–Kier alpha value is -1.58. The summed E-state index contributed by atoms with van der Waals surface area (Å²) >= 11 is 3.36. The predicted octanol–water partition coefficient (Wildman–Crippen LogP) is 4.88. The number of rotatable bonds is 4. The van der Waals surface area contributed by atoms with Crippen LogP contribution in [0, 0.1) is 0 Å². The van der Waals surface area contributed by atoms with E-state index in [0.717, 1.165) is 5.56 Å². The van der Waals surface area contributed by atoms with Gasteiger partial charge in [-0.2, -0.15) is 0 Å². The van der Waals surface area contributed by atoms with Crippen molar-refractivity contribution in [3.05, 3.63) is 66.2 Å². The van der Waals surface area contributed by atoms with Crippen molar-refractivity contribution in [1.82, 2.24) is 0 Å². The number of carbonyl (C=O) groups excluding carboxylic acids is 1. The molecule has 0 aliphatic heterocycles. The molecule has 3 heteroatoms. The number of hydrogen-bond acceptors (Lipinski definition) is 3. The highest BCUT2D eigenvalue weighted by Crippen LogP contribution is 2.32. The van der Waals surface area contributed by atoms with Gasteiger partial charge in [0.25, 0.3) is 0 Å². The third-order valence-corrected chi connectivity index (χ3v) is 5.17. The summed E-state index contributed by atoms with van der Waals surface area (Å²) in [5.74, 6) is 0.680. The van der Waals surface area contributed by atoms with E-state index in [2.05, 4.69) is 18.2 Å². The molecular weight excluding hydrogens is 272 g/mol. The van der Waals surface area contributed by atoms with Crippen LogP contribution < -0.4 is 0 Å². The van der Waals surface area contributed by atoms with Crippen LogP contribution in [0.3, 0.4) is 0 Å². The van der Waals surface area contributed by atoms with Crippen LogP contribution in [0.4, 0.5) is 0 Å². The number of thioether (sulfide) groups is 1. The Bertz CT molecular complexity index is 668. The second kappa shape index (κ2) is 5.59. The Morgan fingerprint density at radius 3 is 2.53 bits per heavy atom. The number of benzene rings is 2. The van der Waals surface area contributed by atoms with Crippen molar-refractivity contribution in [2.24, 2.45) is 0 Å². The standard InChI is InChI=1S/C16H12OS2/c17-14(12-6-2-1-3-7-12)11-18-16-10-13-8-4-5-9-15(13)19-16/h1-10H,11H2. The van der Waals surface area contributed by atoms with Gasteiger partial charge in [-0.1, -0.05) is 48.5 Å². The molecule has 19 heavy (non-hydrogen) atoms. The molecule has 0 fully saturated rings.